The van der Waals surface area contributed by atoms with Crippen LogP contribution in [0, 0.1) is 0 Å². The Morgan fingerprint density at radius 1 is 1.09 bits per heavy atom. The van der Waals surface area contributed by atoms with Crippen LogP contribution < -0.4 is 10.0 Å². The molecule has 0 saturated heterocycles. The lowest BCUT2D eigenvalue weighted by molar-refractivity contribution is -0.116. The molecule has 2 heterocycles. The van der Waals surface area contributed by atoms with Crippen LogP contribution in [0.25, 0.3) is 11.4 Å². The molecule has 2 N–H and O–H groups in total. The zero-order chi connectivity index (χ0) is 22.6. The number of aryl methyl sites for hydroxylation is 1. The van der Waals surface area contributed by atoms with Gasteiger partial charge in [-0.15, -0.1) is 11.3 Å². The highest BCUT2D eigenvalue weighted by Crippen LogP contribution is 2.21. The van der Waals surface area contributed by atoms with E-state index in [0.29, 0.717) is 22.4 Å². The van der Waals surface area contributed by atoms with Gasteiger partial charge in [-0.05, 0) is 48.5 Å². The van der Waals surface area contributed by atoms with Gasteiger partial charge in [0.2, 0.25) is 17.6 Å². The van der Waals surface area contributed by atoms with E-state index in [2.05, 4.69) is 25.2 Å². The van der Waals surface area contributed by atoms with Crippen LogP contribution >= 0.6 is 22.9 Å². The summed E-state index contributed by atoms with van der Waals surface area (Å²) in [6.45, 7) is 0. The molecule has 0 saturated carbocycles. The number of rotatable bonds is 8. The fourth-order valence-corrected chi connectivity index (χ4v) is 4.60. The van der Waals surface area contributed by atoms with E-state index in [0.717, 1.165) is 5.56 Å². The Morgan fingerprint density at radius 3 is 2.53 bits per heavy atom. The van der Waals surface area contributed by atoms with Crippen molar-refractivity contribution in [3.8, 4) is 11.4 Å². The van der Waals surface area contributed by atoms with Gasteiger partial charge in [-0.2, -0.15) is 4.98 Å². The normalized spacial score (nSPS) is 11.3. The number of anilines is 2. The molecular formula is C20H16ClN5O4S2. The Balaban J connectivity index is 1.31. The molecule has 4 rings (SSSR count). The molecule has 9 nitrogen and oxygen atoms in total. The van der Waals surface area contributed by atoms with Crippen molar-refractivity contribution in [2.75, 3.05) is 10.0 Å². The molecule has 164 valence electrons. The van der Waals surface area contributed by atoms with E-state index >= 15 is 0 Å². The number of thiazole rings is 1. The van der Waals surface area contributed by atoms with Crippen LogP contribution in [-0.4, -0.2) is 29.4 Å². The van der Waals surface area contributed by atoms with Crippen LogP contribution in [-0.2, 0) is 21.2 Å². The van der Waals surface area contributed by atoms with Crippen molar-refractivity contribution in [2.24, 2.45) is 0 Å². The van der Waals surface area contributed by atoms with Gasteiger partial charge in [0.05, 0.1) is 4.90 Å². The van der Waals surface area contributed by atoms with Gasteiger partial charge in [0.25, 0.3) is 10.0 Å². The van der Waals surface area contributed by atoms with Crippen molar-refractivity contribution in [1.29, 1.82) is 0 Å². The summed E-state index contributed by atoms with van der Waals surface area (Å²) < 4.78 is 32.3. The maximum atomic E-state index is 12.4. The maximum absolute atomic E-state index is 12.4. The fraction of sp³-hybridized carbons (Fsp3) is 0.100. The molecule has 1 amide bonds. The predicted octanol–water partition coefficient (Wildman–Crippen LogP) is 4.22. The Hall–Kier alpha value is -3.28. The first-order valence-corrected chi connectivity index (χ1v) is 12.0. The fourth-order valence-electron chi connectivity index (χ4n) is 2.68. The van der Waals surface area contributed by atoms with Gasteiger partial charge >= 0.3 is 0 Å². The number of halogens is 1. The summed E-state index contributed by atoms with van der Waals surface area (Å²) in [5.41, 5.74) is 1.23. The minimum atomic E-state index is -3.75. The van der Waals surface area contributed by atoms with Gasteiger partial charge in [-0.1, -0.05) is 16.8 Å². The van der Waals surface area contributed by atoms with E-state index in [-0.39, 0.29) is 28.8 Å². The molecule has 0 aliphatic carbocycles. The lowest BCUT2D eigenvalue weighted by atomic mass is 10.2. The van der Waals surface area contributed by atoms with Gasteiger partial charge < -0.3 is 9.84 Å². The quantitative estimate of drug-likeness (QED) is 0.379. The van der Waals surface area contributed by atoms with E-state index in [1.165, 1.54) is 41.8 Å². The zero-order valence-corrected chi connectivity index (χ0v) is 18.7. The van der Waals surface area contributed by atoms with Crippen LogP contribution in [0.1, 0.15) is 12.3 Å². The molecule has 4 aromatic rings. The molecule has 0 spiro atoms. The van der Waals surface area contributed by atoms with Gasteiger partial charge in [-0.25, -0.2) is 13.4 Å². The third kappa shape index (κ3) is 5.49. The summed E-state index contributed by atoms with van der Waals surface area (Å²) in [7, 11) is -3.75. The number of hydrogen-bond donors (Lipinski definition) is 2. The van der Waals surface area contributed by atoms with Gasteiger partial charge in [0.15, 0.2) is 5.13 Å². The average molecular weight is 490 g/mol. The molecule has 12 heteroatoms. The number of nitrogens with zero attached hydrogens (tertiary/aromatic N) is 3. The first kappa shape index (κ1) is 21.9. The summed E-state index contributed by atoms with van der Waals surface area (Å²) in [5.74, 6) is 0.479. The van der Waals surface area contributed by atoms with Crippen LogP contribution in [0.3, 0.4) is 0 Å². The summed E-state index contributed by atoms with van der Waals surface area (Å²) in [6, 6.07) is 12.8. The summed E-state index contributed by atoms with van der Waals surface area (Å²) >= 11 is 7.05. The smallest absolute Gasteiger partial charge is 0.263 e. The highest BCUT2D eigenvalue weighted by atomic mass is 35.5. The molecule has 0 unspecified atom stereocenters. The van der Waals surface area contributed by atoms with Crippen LogP contribution in [0.5, 0.6) is 0 Å². The summed E-state index contributed by atoms with van der Waals surface area (Å²) in [6.07, 6.45) is 1.89. The monoisotopic (exact) mass is 489 g/mol. The van der Waals surface area contributed by atoms with Crippen molar-refractivity contribution in [1.82, 2.24) is 15.1 Å². The van der Waals surface area contributed by atoms with Crippen molar-refractivity contribution in [2.45, 2.75) is 17.7 Å². The second kappa shape index (κ2) is 9.47. The summed E-state index contributed by atoms with van der Waals surface area (Å²) in [5, 5.41) is 9.18. The largest absolute Gasteiger partial charge is 0.339 e. The number of carbonyl (C=O) groups is 1. The molecule has 0 bridgehead atoms. The first-order valence-electron chi connectivity index (χ1n) is 9.30. The van der Waals surface area contributed by atoms with Crippen molar-refractivity contribution < 1.29 is 17.7 Å². The predicted molar refractivity (Wildman–Crippen MR) is 121 cm³/mol. The molecule has 0 radical (unpaired) electrons. The lowest BCUT2D eigenvalue weighted by Gasteiger charge is -2.07. The number of nitrogens with one attached hydrogen (secondary N) is 2. The van der Waals surface area contributed by atoms with E-state index in [1.807, 2.05) is 0 Å². The topological polar surface area (TPSA) is 127 Å². The number of aromatic nitrogens is 3. The molecule has 0 fully saturated rings. The molecule has 0 atom stereocenters. The Labute approximate surface area is 192 Å². The van der Waals surface area contributed by atoms with Crippen molar-refractivity contribution >= 4 is 49.7 Å². The zero-order valence-electron chi connectivity index (χ0n) is 16.4. The third-order valence-electron chi connectivity index (χ3n) is 4.24. The Bertz CT molecular complexity index is 1310. The van der Waals surface area contributed by atoms with E-state index in [4.69, 9.17) is 16.1 Å². The number of carbonyl (C=O) groups excluding carboxylic acids is 1. The number of amides is 1. The molecule has 2 aromatic carbocycles. The molecular weight excluding hydrogens is 474 g/mol. The number of benzene rings is 2. The van der Waals surface area contributed by atoms with Crippen LogP contribution in [0.2, 0.25) is 5.02 Å². The SMILES string of the molecule is O=C(CCc1nc(-c2ccc(Cl)cc2)no1)Nc1ccc(S(=O)(=O)Nc2nccs2)cc1. The van der Waals surface area contributed by atoms with E-state index in [9.17, 15) is 13.2 Å². The molecule has 0 aliphatic heterocycles. The second-order valence-corrected chi connectivity index (χ2v) is 9.55. The highest BCUT2D eigenvalue weighted by Gasteiger charge is 2.16. The van der Waals surface area contributed by atoms with Crippen molar-refractivity contribution in [3.63, 3.8) is 0 Å². The standard InChI is InChI=1S/C20H16ClN5O4S2/c21-14-3-1-13(2-4-14)19-24-18(30-25-19)10-9-17(27)23-15-5-7-16(8-6-15)32(28,29)26-20-22-11-12-31-20/h1-8,11-12H,9-10H2,(H,22,26)(H,23,27). The van der Waals surface area contributed by atoms with Crippen LogP contribution in [0.15, 0.2) is 69.5 Å². The maximum Gasteiger partial charge on any atom is 0.263 e. The van der Waals surface area contributed by atoms with Crippen LogP contribution in [0.4, 0.5) is 10.8 Å². The average Bonchev–Trinajstić information content (AvgIpc) is 3.45. The third-order valence-corrected chi connectivity index (χ3v) is 6.66. The lowest BCUT2D eigenvalue weighted by Crippen LogP contribution is -2.14. The Kier molecular flexibility index (Phi) is 6.49. The summed E-state index contributed by atoms with van der Waals surface area (Å²) in [4.78, 5) is 20.5. The van der Waals surface area contributed by atoms with E-state index < -0.39 is 10.0 Å². The minimum absolute atomic E-state index is 0.0614. The van der Waals surface area contributed by atoms with Gasteiger partial charge in [-0.3, -0.25) is 9.52 Å². The van der Waals surface area contributed by atoms with Crippen molar-refractivity contribution in [3.05, 3.63) is 71.0 Å². The second-order valence-electron chi connectivity index (χ2n) is 6.53. The minimum Gasteiger partial charge on any atom is -0.339 e. The van der Waals surface area contributed by atoms with E-state index in [1.54, 1.807) is 29.6 Å². The Morgan fingerprint density at radius 2 is 1.84 bits per heavy atom. The molecule has 2 aromatic heterocycles. The molecule has 0 aliphatic rings. The first-order chi connectivity index (χ1) is 15.4. The highest BCUT2D eigenvalue weighted by molar-refractivity contribution is 7.93. The van der Waals surface area contributed by atoms with Gasteiger partial charge in [0, 0.05) is 40.7 Å². The number of sulfonamides is 1. The number of hydrogen-bond acceptors (Lipinski definition) is 8. The molecule has 32 heavy (non-hydrogen) atoms. The van der Waals surface area contributed by atoms with Gasteiger partial charge in [0.1, 0.15) is 0 Å².